The first kappa shape index (κ1) is 16.9. The first-order valence-corrected chi connectivity index (χ1v) is 6.43. The number of carboxylic acid groups (broad SMARTS) is 1. The lowest BCUT2D eigenvalue weighted by Gasteiger charge is -2.34. The number of hydrogen-bond donors (Lipinski definition) is 2. The number of carbonyl (C=O) groups excluding carboxylic acids is 1. The van der Waals surface area contributed by atoms with Crippen LogP contribution in [0.1, 0.15) is 26.3 Å². The highest BCUT2D eigenvalue weighted by Crippen LogP contribution is 2.15. The van der Waals surface area contributed by atoms with Gasteiger partial charge >= 0.3 is 12.0 Å². The van der Waals surface area contributed by atoms with Crippen LogP contribution in [0.15, 0.2) is 18.2 Å². The summed E-state index contributed by atoms with van der Waals surface area (Å²) in [5, 5.41) is 11.5. The Hall–Kier alpha value is -2.18. The van der Waals surface area contributed by atoms with E-state index in [2.05, 4.69) is 5.32 Å². The molecular weight excluding hydrogens is 282 g/mol. The number of rotatable bonds is 5. The van der Waals surface area contributed by atoms with Gasteiger partial charge in [-0.05, 0) is 39.0 Å². The molecule has 0 spiro atoms. The number of carbonyl (C=O) groups is 2. The average molecular weight is 300 g/mol. The molecule has 0 aromatic heterocycles. The van der Waals surface area contributed by atoms with Crippen molar-refractivity contribution in [2.45, 2.75) is 32.9 Å². The third kappa shape index (κ3) is 3.90. The lowest BCUT2D eigenvalue weighted by atomic mass is 10.0. The van der Waals surface area contributed by atoms with Gasteiger partial charge in [0.2, 0.25) is 0 Å². The van der Waals surface area contributed by atoms with Crippen molar-refractivity contribution in [1.82, 2.24) is 10.2 Å². The number of urea groups is 1. The SMILES string of the molecule is CCN(C(=O)NCc1cc(F)ccc1F)C(C)(C)C(=O)O. The maximum Gasteiger partial charge on any atom is 0.329 e. The van der Waals surface area contributed by atoms with Gasteiger partial charge in [-0.1, -0.05) is 0 Å². The molecule has 0 aliphatic carbocycles. The standard InChI is InChI=1S/C14H18F2N2O3/c1-4-18(14(2,3)12(19)20)13(21)17-8-9-7-10(15)5-6-11(9)16/h5-7H,4,8H2,1-3H3,(H,17,21)(H,19,20). The van der Waals surface area contributed by atoms with Crippen LogP contribution in [0.4, 0.5) is 13.6 Å². The quantitative estimate of drug-likeness (QED) is 0.877. The smallest absolute Gasteiger partial charge is 0.329 e. The van der Waals surface area contributed by atoms with E-state index in [1.807, 2.05) is 0 Å². The Labute approximate surface area is 121 Å². The summed E-state index contributed by atoms with van der Waals surface area (Å²) in [6, 6.07) is 2.27. The number of aliphatic carboxylic acids is 1. The normalized spacial score (nSPS) is 11.1. The molecule has 5 nitrogen and oxygen atoms in total. The molecule has 0 saturated heterocycles. The van der Waals surface area contributed by atoms with Crippen molar-refractivity contribution in [1.29, 1.82) is 0 Å². The van der Waals surface area contributed by atoms with Crippen molar-refractivity contribution in [3.63, 3.8) is 0 Å². The predicted molar refractivity (Wildman–Crippen MR) is 72.7 cm³/mol. The van der Waals surface area contributed by atoms with Gasteiger partial charge in [0.1, 0.15) is 17.2 Å². The third-order valence-corrected chi connectivity index (χ3v) is 3.20. The zero-order chi connectivity index (χ0) is 16.2. The summed E-state index contributed by atoms with van der Waals surface area (Å²) < 4.78 is 26.5. The predicted octanol–water partition coefficient (Wildman–Crippen LogP) is 2.36. The maximum absolute atomic E-state index is 13.4. The zero-order valence-electron chi connectivity index (χ0n) is 12.1. The molecule has 0 heterocycles. The number of nitrogens with zero attached hydrogens (tertiary/aromatic N) is 1. The Morgan fingerprint density at radius 1 is 1.33 bits per heavy atom. The summed E-state index contributed by atoms with van der Waals surface area (Å²) in [5.74, 6) is -2.41. The highest BCUT2D eigenvalue weighted by Gasteiger charge is 2.36. The van der Waals surface area contributed by atoms with E-state index in [1.165, 1.54) is 13.8 Å². The number of benzene rings is 1. The van der Waals surface area contributed by atoms with Gasteiger partial charge < -0.3 is 15.3 Å². The number of hydrogen-bond acceptors (Lipinski definition) is 2. The van der Waals surface area contributed by atoms with E-state index in [-0.39, 0.29) is 18.7 Å². The Balaban J connectivity index is 2.80. The minimum absolute atomic E-state index is 0.00691. The van der Waals surface area contributed by atoms with Crippen LogP contribution in [0, 0.1) is 11.6 Å². The van der Waals surface area contributed by atoms with Gasteiger partial charge in [-0.15, -0.1) is 0 Å². The Bertz CT molecular complexity index is 547. The van der Waals surface area contributed by atoms with Crippen LogP contribution in [-0.2, 0) is 11.3 Å². The topological polar surface area (TPSA) is 69.6 Å². The molecular formula is C14H18F2N2O3. The van der Waals surface area contributed by atoms with Crippen LogP contribution in [0.2, 0.25) is 0 Å². The zero-order valence-corrected chi connectivity index (χ0v) is 12.1. The van der Waals surface area contributed by atoms with E-state index in [9.17, 15) is 18.4 Å². The van der Waals surface area contributed by atoms with E-state index in [4.69, 9.17) is 5.11 Å². The molecule has 0 radical (unpaired) electrons. The van der Waals surface area contributed by atoms with Gasteiger partial charge in [-0.3, -0.25) is 0 Å². The molecule has 0 aliphatic heterocycles. The van der Waals surface area contributed by atoms with Crippen molar-refractivity contribution in [2.24, 2.45) is 0 Å². The second-order valence-corrected chi connectivity index (χ2v) is 5.00. The lowest BCUT2D eigenvalue weighted by Crippen LogP contribution is -2.55. The van der Waals surface area contributed by atoms with Crippen molar-refractivity contribution in [2.75, 3.05) is 6.54 Å². The number of halogens is 2. The Morgan fingerprint density at radius 2 is 1.95 bits per heavy atom. The number of amides is 2. The minimum Gasteiger partial charge on any atom is -0.480 e. The van der Waals surface area contributed by atoms with Crippen molar-refractivity contribution in [3.8, 4) is 0 Å². The van der Waals surface area contributed by atoms with E-state index >= 15 is 0 Å². The number of carboxylic acids is 1. The van der Waals surface area contributed by atoms with E-state index < -0.39 is 29.2 Å². The summed E-state index contributed by atoms with van der Waals surface area (Å²) in [7, 11) is 0. The van der Waals surface area contributed by atoms with Gasteiger partial charge in [0.05, 0.1) is 0 Å². The summed E-state index contributed by atoms with van der Waals surface area (Å²) in [6.07, 6.45) is 0. The molecule has 2 N–H and O–H groups in total. The number of likely N-dealkylation sites (N-methyl/N-ethyl adjacent to an activating group) is 1. The minimum atomic E-state index is -1.40. The third-order valence-electron chi connectivity index (χ3n) is 3.20. The van der Waals surface area contributed by atoms with Crippen LogP contribution < -0.4 is 5.32 Å². The fourth-order valence-corrected chi connectivity index (χ4v) is 1.85. The molecule has 7 heteroatoms. The molecule has 21 heavy (non-hydrogen) atoms. The molecule has 1 aromatic carbocycles. The molecule has 1 aromatic rings. The second-order valence-electron chi connectivity index (χ2n) is 5.00. The molecule has 0 aliphatic rings. The molecule has 2 amide bonds. The van der Waals surface area contributed by atoms with Crippen LogP contribution in [0.3, 0.4) is 0 Å². The molecule has 1 rings (SSSR count). The molecule has 0 fully saturated rings. The Morgan fingerprint density at radius 3 is 2.48 bits per heavy atom. The van der Waals surface area contributed by atoms with Crippen molar-refractivity contribution < 1.29 is 23.5 Å². The first-order chi connectivity index (χ1) is 9.70. The molecule has 116 valence electrons. The molecule has 0 bridgehead atoms. The molecule has 0 saturated carbocycles. The van der Waals surface area contributed by atoms with Crippen molar-refractivity contribution >= 4 is 12.0 Å². The van der Waals surface area contributed by atoms with Crippen LogP contribution in [0.5, 0.6) is 0 Å². The fourth-order valence-electron chi connectivity index (χ4n) is 1.85. The fraction of sp³-hybridized carbons (Fsp3) is 0.429. The van der Waals surface area contributed by atoms with Gasteiger partial charge in [-0.25, -0.2) is 18.4 Å². The summed E-state index contributed by atoms with van der Waals surface area (Å²) >= 11 is 0. The summed E-state index contributed by atoms with van der Waals surface area (Å²) in [4.78, 5) is 24.3. The van der Waals surface area contributed by atoms with Gasteiger partial charge in [0.25, 0.3) is 0 Å². The van der Waals surface area contributed by atoms with E-state index in [0.717, 1.165) is 23.1 Å². The van der Waals surface area contributed by atoms with Crippen LogP contribution >= 0.6 is 0 Å². The summed E-state index contributed by atoms with van der Waals surface area (Å²) in [6.45, 7) is 4.35. The van der Waals surface area contributed by atoms with E-state index in [1.54, 1.807) is 6.92 Å². The van der Waals surface area contributed by atoms with E-state index in [0.29, 0.717) is 0 Å². The highest BCUT2D eigenvalue weighted by molar-refractivity contribution is 5.85. The van der Waals surface area contributed by atoms with Gasteiger partial charge in [0, 0.05) is 18.7 Å². The second kappa shape index (κ2) is 6.51. The maximum atomic E-state index is 13.4. The molecule has 0 unspecified atom stereocenters. The van der Waals surface area contributed by atoms with Crippen LogP contribution in [-0.4, -0.2) is 34.1 Å². The first-order valence-electron chi connectivity index (χ1n) is 6.43. The molecule has 0 atom stereocenters. The largest absolute Gasteiger partial charge is 0.480 e. The Kier molecular flexibility index (Phi) is 5.23. The monoisotopic (exact) mass is 300 g/mol. The van der Waals surface area contributed by atoms with Gasteiger partial charge in [0.15, 0.2) is 0 Å². The summed E-state index contributed by atoms with van der Waals surface area (Å²) in [5.41, 5.74) is -1.41. The number of nitrogens with one attached hydrogen (secondary N) is 1. The average Bonchev–Trinajstić information content (AvgIpc) is 2.40. The lowest BCUT2D eigenvalue weighted by molar-refractivity contribution is -0.147. The van der Waals surface area contributed by atoms with Gasteiger partial charge in [-0.2, -0.15) is 0 Å². The van der Waals surface area contributed by atoms with Crippen molar-refractivity contribution in [3.05, 3.63) is 35.4 Å². The van der Waals surface area contributed by atoms with Crippen LogP contribution in [0.25, 0.3) is 0 Å². The highest BCUT2D eigenvalue weighted by atomic mass is 19.1.